The number of hydrogen-bond acceptors (Lipinski definition) is 3. The fraction of sp³-hybridized carbons (Fsp3) is 0.417. The standard InChI is InChI=1S/C24H28BrClN2O2S/c1-17(24(30)27-22-7-2-3-8-22)28(14-19-5-4-6-20(25)13-19)23(29)16-31-15-18-9-11-21(26)12-10-18/h4-6,9-13,17,22H,2-3,7-8,14-16H2,1H3,(H,27,30)/t17-/m1/s1. The number of hydrogen-bond donors (Lipinski definition) is 1. The molecule has 0 spiro atoms. The lowest BCUT2D eigenvalue weighted by Gasteiger charge is -2.29. The average Bonchev–Trinajstić information content (AvgIpc) is 3.26. The number of nitrogens with zero attached hydrogens (tertiary/aromatic N) is 1. The first-order chi connectivity index (χ1) is 14.9. The maximum atomic E-state index is 13.2. The van der Waals surface area contributed by atoms with Crippen LogP contribution in [0.15, 0.2) is 53.0 Å². The summed E-state index contributed by atoms with van der Waals surface area (Å²) in [6, 6.07) is 15.2. The fourth-order valence-corrected chi connectivity index (χ4v) is 5.17. The lowest BCUT2D eigenvalue weighted by molar-refractivity contribution is -0.138. The molecule has 1 aliphatic carbocycles. The van der Waals surface area contributed by atoms with Crippen molar-refractivity contribution in [2.45, 2.75) is 57.0 Å². The highest BCUT2D eigenvalue weighted by atomic mass is 79.9. The van der Waals surface area contributed by atoms with Gasteiger partial charge in [-0.05, 0) is 55.2 Å². The summed E-state index contributed by atoms with van der Waals surface area (Å²) in [7, 11) is 0. The number of carbonyl (C=O) groups excluding carboxylic acids is 2. The first-order valence-corrected chi connectivity index (χ1v) is 12.9. The van der Waals surface area contributed by atoms with E-state index in [4.69, 9.17) is 11.6 Å². The topological polar surface area (TPSA) is 49.4 Å². The fourth-order valence-electron chi connectivity index (χ4n) is 3.73. The van der Waals surface area contributed by atoms with Crippen LogP contribution in [-0.2, 0) is 21.9 Å². The van der Waals surface area contributed by atoms with Gasteiger partial charge in [-0.25, -0.2) is 0 Å². The molecule has 166 valence electrons. The minimum Gasteiger partial charge on any atom is -0.352 e. The second kappa shape index (κ2) is 11.9. The minimum absolute atomic E-state index is 0.0342. The van der Waals surface area contributed by atoms with Crippen molar-refractivity contribution in [2.75, 3.05) is 5.75 Å². The van der Waals surface area contributed by atoms with Gasteiger partial charge in [0.1, 0.15) is 6.04 Å². The molecular formula is C24H28BrClN2O2S. The summed E-state index contributed by atoms with van der Waals surface area (Å²) in [6.45, 7) is 2.23. The van der Waals surface area contributed by atoms with Gasteiger partial charge in [0, 0.05) is 27.8 Å². The van der Waals surface area contributed by atoms with Gasteiger partial charge in [-0.1, -0.05) is 64.6 Å². The average molecular weight is 524 g/mol. The van der Waals surface area contributed by atoms with Gasteiger partial charge in [0.05, 0.1) is 5.75 Å². The molecule has 1 fully saturated rings. The number of carbonyl (C=O) groups is 2. The maximum absolute atomic E-state index is 13.2. The van der Waals surface area contributed by atoms with E-state index in [0.29, 0.717) is 17.3 Å². The van der Waals surface area contributed by atoms with E-state index in [1.54, 1.807) is 16.7 Å². The van der Waals surface area contributed by atoms with Gasteiger partial charge >= 0.3 is 0 Å². The van der Waals surface area contributed by atoms with Crippen LogP contribution < -0.4 is 5.32 Å². The lowest BCUT2D eigenvalue weighted by atomic mass is 10.1. The molecule has 0 unspecified atom stereocenters. The molecule has 1 aliphatic rings. The summed E-state index contributed by atoms with van der Waals surface area (Å²) >= 11 is 11.0. The van der Waals surface area contributed by atoms with Crippen LogP contribution in [0.3, 0.4) is 0 Å². The molecule has 4 nitrogen and oxygen atoms in total. The third-order valence-electron chi connectivity index (χ3n) is 5.52. The lowest BCUT2D eigenvalue weighted by Crippen LogP contribution is -2.50. The van der Waals surface area contributed by atoms with E-state index >= 15 is 0 Å². The first kappa shape index (κ1) is 24.1. The Bertz CT molecular complexity index is 887. The predicted molar refractivity (Wildman–Crippen MR) is 132 cm³/mol. The smallest absolute Gasteiger partial charge is 0.242 e. The number of benzene rings is 2. The van der Waals surface area contributed by atoms with Gasteiger partial charge < -0.3 is 10.2 Å². The summed E-state index contributed by atoms with van der Waals surface area (Å²) < 4.78 is 0.956. The molecule has 1 atom stereocenters. The molecule has 0 bridgehead atoms. The van der Waals surface area contributed by atoms with E-state index in [9.17, 15) is 9.59 Å². The molecule has 0 radical (unpaired) electrons. The van der Waals surface area contributed by atoms with Crippen LogP contribution in [0.4, 0.5) is 0 Å². The van der Waals surface area contributed by atoms with Crippen molar-refractivity contribution in [1.29, 1.82) is 0 Å². The zero-order valence-corrected chi connectivity index (χ0v) is 20.8. The summed E-state index contributed by atoms with van der Waals surface area (Å²) in [5, 5.41) is 3.84. The van der Waals surface area contributed by atoms with Crippen LogP contribution >= 0.6 is 39.3 Å². The Kier molecular flexibility index (Phi) is 9.30. The number of rotatable bonds is 9. The molecule has 2 aromatic carbocycles. The van der Waals surface area contributed by atoms with Gasteiger partial charge in [-0.3, -0.25) is 9.59 Å². The molecule has 3 rings (SSSR count). The Labute approximate surface area is 202 Å². The second-order valence-corrected chi connectivity index (χ2v) is 10.3. The quantitative estimate of drug-likeness (QED) is 0.451. The van der Waals surface area contributed by atoms with Crippen molar-refractivity contribution in [1.82, 2.24) is 10.2 Å². The van der Waals surface area contributed by atoms with Crippen molar-refractivity contribution in [2.24, 2.45) is 0 Å². The molecule has 1 saturated carbocycles. The monoisotopic (exact) mass is 522 g/mol. The van der Waals surface area contributed by atoms with Crippen LogP contribution in [0.5, 0.6) is 0 Å². The van der Waals surface area contributed by atoms with Crippen LogP contribution in [0.2, 0.25) is 5.02 Å². The zero-order valence-electron chi connectivity index (χ0n) is 17.7. The SMILES string of the molecule is C[C@H](C(=O)NC1CCCC1)N(Cc1cccc(Br)c1)C(=O)CSCc1ccc(Cl)cc1. The number of thioether (sulfide) groups is 1. The summed E-state index contributed by atoms with van der Waals surface area (Å²) in [6.07, 6.45) is 4.35. The van der Waals surface area contributed by atoms with Crippen molar-refractivity contribution in [3.63, 3.8) is 0 Å². The normalized spacial score (nSPS) is 14.9. The maximum Gasteiger partial charge on any atom is 0.242 e. The summed E-state index contributed by atoms with van der Waals surface area (Å²) in [4.78, 5) is 27.7. The molecule has 2 amide bonds. The molecule has 0 saturated heterocycles. The number of nitrogens with one attached hydrogen (secondary N) is 1. The van der Waals surface area contributed by atoms with E-state index in [0.717, 1.165) is 47.0 Å². The molecule has 31 heavy (non-hydrogen) atoms. The van der Waals surface area contributed by atoms with Crippen LogP contribution in [0.1, 0.15) is 43.7 Å². The summed E-state index contributed by atoms with van der Waals surface area (Å²) in [5.41, 5.74) is 2.11. The Morgan fingerprint density at radius 1 is 1.16 bits per heavy atom. The molecule has 2 aromatic rings. The molecular weight excluding hydrogens is 496 g/mol. The largest absolute Gasteiger partial charge is 0.352 e. The Hall–Kier alpha value is -1.50. The molecule has 0 aromatic heterocycles. The molecule has 0 heterocycles. The highest BCUT2D eigenvalue weighted by Gasteiger charge is 2.28. The third kappa shape index (κ3) is 7.55. The third-order valence-corrected chi connectivity index (χ3v) is 7.25. The van der Waals surface area contributed by atoms with Crippen molar-refractivity contribution >= 4 is 51.1 Å². The van der Waals surface area contributed by atoms with Crippen LogP contribution in [0.25, 0.3) is 0 Å². The Balaban J connectivity index is 1.65. The van der Waals surface area contributed by atoms with Gasteiger partial charge in [-0.2, -0.15) is 0 Å². The molecule has 1 N–H and O–H groups in total. The van der Waals surface area contributed by atoms with Crippen LogP contribution in [-0.4, -0.2) is 34.6 Å². The first-order valence-electron chi connectivity index (χ1n) is 10.6. The van der Waals surface area contributed by atoms with E-state index in [-0.39, 0.29) is 17.9 Å². The van der Waals surface area contributed by atoms with Gasteiger partial charge in [-0.15, -0.1) is 11.8 Å². The Morgan fingerprint density at radius 2 is 1.87 bits per heavy atom. The summed E-state index contributed by atoms with van der Waals surface area (Å²) in [5.74, 6) is 0.930. The van der Waals surface area contributed by atoms with Gasteiger partial charge in [0.25, 0.3) is 0 Å². The Morgan fingerprint density at radius 3 is 2.55 bits per heavy atom. The van der Waals surface area contributed by atoms with Gasteiger partial charge in [0.2, 0.25) is 11.8 Å². The number of halogens is 2. The van der Waals surface area contributed by atoms with Crippen molar-refractivity contribution in [3.05, 3.63) is 69.2 Å². The van der Waals surface area contributed by atoms with E-state index in [1.165, 1.54) is 0 Å². The minimum atomic E-state index is -0.525. The zero-order chi connectivity index (χ0) is 22.2. The number of amides is 2. The van der Waals surface area contributed by atoms with E-state index < -0.39 is 6.04 Å². The van der Waals surface area contributed by atoms with Crippen LogP contribution in [0, 0.1) is 0 Å². The molecule has 7 heteroatoms. The second-order valence-electron chi connectivity index (χ2n) is 7.94. The van der Waals surface area contributed by atoms with E-state index in [1.807, 2.05) is 55.5 Å². The van der Waals surface area contributed by atoms with Crippen molar-refractivity contribution in [3.8, 4) is 0 Å². The van der Waals surface area contributed by atoms with E-state index in [2.05, 4.69) is 21.2 Å². The highest BCUT2D eigenvalue weighted by molar-refractivity contribution is 9.10. The molecule has 0 aliphatic heterocycles. The predicted octanol–water partition coefficient (Wildman–Crippen LogP) is 5.81. The highest BCUT2D eigenvalue weighted by Crippen LogP contribution is 2.21. The van der Waals surface area contributed by atoms with Crippen molar-refractivity contribution < 1.29 is 9.59 Å². The van der Waals surface area contributed by atoms with Gasteiger partial charge in [0.15, 0.2) is 0 Å².